The van der Waals surface area contributed by atoms with Crippen molar-refractivity contribution in [1.82, 2.24) is 19.9 Å². The molecule has 0 spiro atoms. The molecule has 1 amide bonds. The lowest BCUT2D eigenvalue weighted by Crippen LogP contribution is -2.19. The summed E-state index contributed by atoms with van der Waals surface area (Å²) >= 11 is 0. The number of aromatic nitrogens is 4. The predicted molar refractivity (Wildman–Crippen MR) is 126 cm³/mol. The molecule has 0 aliphatic rings. The molecule has 5 aromatic rings. The number of anilines is 1. The number of fused-ring (bicyclic) bond motifs is 1. The smallest absolute Gasteiger partial charge is 0.232 e. The monoisotopic (exact) mass is 455 g/mol. The fourth-order valence-electron chi connectivity index (χ4n) is 3.81. The Morgan fingerprint density at radius 1 is 0.971 bits per heavy atom. The van der Waals surface area contributed by atoms with Gasteiger partial charge in [0.15, 0.2) is 0 Å². The van der Waals surface area contributed by atoms with Gasteiger partial charge in [-0.05, 0) is 61.0 Å². The van der Waals surface area contributed by atoms with Gasteiger partial charge in [-0.25, -0.2) is 14.4 Å². The molecule has 4 aromatic heterocycles. The van der Waals surface area contributed by atoms with E-state index in [1.54, 1.807) is 55.7 Å². The molecule has 0 saturated heterocycles. The Morgan fingerprint density at radius 2 is 1.79 bits per heavy atom. The lowest BCUT2D eigenvalue weighted by Gasteiger charge is -2.13. The summed E-state index contributed by atoms with van der Waals surface area (Å²) in [5, 5.41) is 2.82. The van der Waals surface area contributed by atoms with E-state index in [2.05, 4.69) is 25.3 Å². The van der Waals surface area contributed by atoms with Gasteiger partial charge in [-0.1, -0.05) is 18.2 Å². The number of pyridine rings is 3. The molecule has 0 bridgehead atoms. The van der Waals surface area contributed by atoms with E-state index in [1.807, 2.05) is 12.1 Å². The number of H-pyrrole nitrogens is 1. The highest BCUT2D eigenvalue weighted by atomic mass is 19.1. The fraction of sp³-hybridized carbons (Fsp3) is 0.0769. The average molecular weight is 455 g/mol. The number of carbonyl (C=O) groups is 1. The van der Waals surface area contributed by atoms with Gasteiger partial charge in [0, 0.05) is 18.0 Å². The normalized spacial score (nSPS) is 12.0. The van der Waals surface area contributed by atoms with Crippen molar-refractivity contribution in [2.24, 2.45) is 0 Å². The summed E-state index contributed by atoms with van der Waals surface area (Å²) in [5.41, 5.74) is 4.49. The lowest BCUT2D eigenvalue weighted by molar-refractivity contribution is -0.117. The number of halogens is 2. The Balaban J connectivity index is 1.52. The zero-order valence-electron chi connectivity index (χ0n) is 18.1. The third-order valence-corrected chi connectivity index (χ3v) is 5.59. The first kappa shape index (κ1) is 21.4. The van der Waals surface area contributed by atoms with E-state index in [-0.39, 0.29) is 11.7 Å². The number of hydrogen-bond acceptors (Lipinski definition) is 4. The number of nitrogens with zero attached hydrogens (tertiary/aromatic N) is 3. The minimum atomic E-state index is -0.590. The number of benzene rings is 1. The van der Waals surface area contributed by atoms with Crippen LogP contribution >= 0.6 is 0 Å². The number of aromatic amines is 1. The second-order valence-corrected chi connectivity index (χ2v) is 7.81. The van der Waals surface area contributed by atoms with Gasteiger partial charge < -0.3 is 10.3 Å². The van der Waals surface area contributed by atoms with Crippen LogP contribution in [0.1, 0.15) is 18.4 Å². The summed E-state index contributed by atoms with van der Waals surface area (Å²) in [6.45, 7) is 1.74. The van der Waals surface area contributed by atoms with E-state index in [9.17, 15) is 13.6 Å². The predicted octanol–water partition coefficient (Wildman–Crippen LogP) is 5.71. The SMILES string of the molecule is C[C@@H](C(=O)Nc1cc(-c2[nH]c3ccc(F)nc3c2-c2ccccn2)ccn1)c1ccc(F)cc1. The molecule has 0 fully saturated rings. The summed E-state index contributed by atoms with van der Waals surface area (Å²) in [5.74, 6) is -1.38. The highest BCUT2D eigenvalue weighted by Gasteiger charge is 2.20. The van der Waals surface area contributed by atoms with Crippen molar-refractivity contribution in [3.63, 3.8) is 0 Å². The van der Waals surface area contributed by atoms with Crippen LogP contribution < -0.4 is 5.32 Å². The molecule has 6 nitrogen and oxygen atoms in total. The topological polar surface area (TPSA) is 83.6 Å². The Morgan fingerprint density at radius 3 is 2.56 bits per heavy atom. The van der Waals surface area contributed by atoms with Crippen molar-refractivity contribution >= 4 is 22.8 Å². The molecular weight excluding hydrogens is 436 g/mol. The molecule has 0 unspecified atom stereocenters. The summed E-state index contributed by atoms with van der Waals surface area (Å²) in [6, 6.07) is 17.7. The molecule has 0 aliphatic heterocycles. The van der Waals surface area contributed by atoms with E-state index >= 15 is 0 Å². The zero-order chi connectivity index (χ0) is 23.7. The summed E-state index contributed by atoms with van der Waals surface area (Å²) in [7, 11) is 0. The fourth-order valence-corrected chi connectivity index (χ4v) is 3.81. The van der Waals surface area contributed by atoms with Crippen LogP contribution in [-0.4, -0.2) is 25.8 Å². The molecule has 4 heterocycles. The molecule has 1 aromatic carbocycles. The molecule has 8 heteroatoms. The van der Waals surface area contributed by atoms with E-state index in [1.165, 1.54) is 18.2 Å². The maximum absolute atomic E-state index is 14.0. The van der Waals surface area contributed by atoms with Crippen LogP contribution in [0.2, 0.25) is 0 Å². The minimum Gasteiger partial charge on any atom is -0.353 e. The van der Waals surface area contributed by atoms with Gasteiger partial charge in [0.25, 0.3) is 0 Å². The van der Waals surface area contributed by atoms with Crippen molar-refractivity contribution < 1.29 is 13.6 Å². The van der Waals surface area contributed by atoms with Crippen LogP contribution in [-0.2, 0) is 4.79 Å². The van der Waals surface area contributed by atoms with Crippen molar-refractivity contribution in [2.75, 3.05) is 5.32 Å². The van der Waals surface area contributed by atoms with Gasteiger partial charge in [-0.2, -0.15) is 4.39 Å². The average Bonchev–Trinajstić information content (AvgIpc) is 3.23. The third kappa shape index (κ3) is 4.13. The molecule has 34 heavy (non-hydrogen) atoms. The summed E-state index contributed by atoms with van der Waals surface area (Å²) in [4.78, 5) is 28.9. The molecule has 2 N–H and O–H groups in total. The van der Waals surface area contributed by atoms with Crippen LogP contribution in [0.25, 0.3) is 33.5 Å². The van der Waals surface area contributed by atoms with Gasteiger partial charge in [0.1, 0.15) is 17.2 Å². The Bertz CT molecular complexity index is 1480. The zero-order valence-corrected chi connectivity index (χ0v) is 18.1. The van der Waals surface area contributed by atoms with Gasteiger partial charge in [0.2, 0.25) is 11.9 Å². The van der Waals surface area contributed by atoms with Gasteiger partial charge in [0.05, 0.1) is 28.4 Å². The van der Waals surface area contributed by atoms with Crippen molar-refractivity contribution in [1.29, 1.82) is 0 Å². The highest BCUT2D eigenvalue weighted by molar-refractivity contribution is 6.01. The Labute approximate surface area is 193 Å². The molecule has 0 radical (unpaired) electrons. The van der Waals surface area contributed by atoms with E-state index in [0.29, 0.717) is 39.4 Å². The quantitative estimate of drug-likeness (QED) is 0.333. The van der Waals surface area contributed by atoms with Crippen LogP contribution in [0.3, 0.4) is 0 Å². The number of carbonyl (C=O) groups excluding carboxylic acids is 1. The maximum Gasteiger partial charge on any atom is 0.232 e. The Hall–Kier alpha value is -4.46. The summed E-state index contributed by atoms with van der Waals surface area (Å²) < 4.78 is 27.2. The third-order valence-electron chi connectivity index (χ3n) is 5.59. The Kier molecular flexibility index (Phi) is 5.55. The lowest BCUT2D eigenvalue weighted by atomic mass is 10.0. The largest absolute Gasteiger partial charge is 0.353 e. The van der Waals surface area contributed by atoms with E-state index < -0.39 is 11.9 Å². The van der Waals surface area contributed by atoms with Crippen LogP contribution in [0, 0.1) is 11.8 Å². The number of rotatable bonds is 5. The van der Waals surface area contributed by atoms with Gasteiger partial charge in [-0.15, -0.1) is 0 Å². The first-order valence-corrected chi connectivity index (χ1v) is 10.6. The molecular formula is C26H19F2N5O. The van der Waals surface area contributed by atoms with E-state index in [4.69, 9.17) is 0 Å². The number of hydrogen-bond donors (Lipinski definition) is 2. The number of amides is 1. The first-order chi connectivity index (χ1) is 16.5. The van der Waals surface area contributed by atoms with Crippen molar-refractivity contribution in [3.8, 4) is 22.5 Å². The van der Waals surface area contributed by atoms with Crippen LogP contribution in [0.15, 0.2) is 79.1 Å². The molecule has 1 atom stereocenters. The molecule has 168 valence electrons. The summed E-state index contributed by atoms with van der Waals surface area (Å²) in [6.07, 6.45) is 3.24. The number of nitrogens with one attached hydrogen (secondary N) is 2. The van der Waals surface area contributed by atoms with Crippen LogP contribution in [0.5, 0.6) is 0 Å². The van der Waals surface area contributed by atoms with Gasteiger partial charge in [-0.3, -0.25) is 9.78 Å². The standard InChI is InChI=1S/C26H19F2N5O/c1-15(16-5-7-18(27)8-6-16)26(34)33-22-14-17(11-13-30-22)24-23(19-4-2-3-12-29-19)25-20(31-24)9-10-21(28)32-25/h2-15,31H,1H3,(H,30,33,34)/t15-/m1/s1. The first-order valence-electron chi connectivity index (χ1n) is 10.6. The molecule has 0 saturated carbocycles. The highest BCUT2D eigenvalue weighted by Crippen LogP contribution is 2.37. The minimum absolute atomic E-state index is 0.276. The van der Waals surface area contributed by atoms with Gasteiger partial charge >= 0.3 is 0 Å². The van der Waals surface area contributed by atoms with Crippen LogP contribution in [0.4, 0.5) is 14.6 Å². The second kappa shape index (κ2) is 8.82. The molecule has 5 rings (SSSR count). The molecule has 0 aliphatic carbocycles. The maximum atomic E-state index is 14.0. The van der Waals surface area contributed by atoms with E-state index in [0.717, 1.165) is 5.56 Å². The van der Waals surface area contributed by atoms with Crippen molar-refractivity contribution in [3.05, 3.63) is 96.5 Å². The van der Waals surface area contributed by atoms with Crippen molar-refractivity contribution in [2.45, 2.75) is 12.8 Å². The second-order valence-electron chi connectivity index (χ2n) is 7.81.